The minimum Gasteiger partial charge on any atom is -0.367 e. The summed E-state index contributed by atoms with van der Waals surface area (Å²) in [4.78, 5) is 26.1. The molecule has 8 heteroatoms. The van der Waals surface area contributed by atoms with Gasteiger partial charge in [-0.25, -0.2) is 14.4 Å². The number of rotatable bonds is 4. The van der Waals surface area contributed by atoms with Crippen LogP contribution >= 0.6 is 0 Å². The Morgan fingerprint density at radius 1 is 1.24 bits per heavy atom. The SMILES string of the molecule is CN(C)c1ccc(C2(C)C=C(N3CCC(N)CC3)C(=O)N=C2c2ccc(C#N)c(F)c2)cn1. The molecule has 170 valence electrons. The van der Waals surface area contributed by atoms with Crippen molar-refractivity contribution in [3.8, 4) is 6.07 Å². The summed E-state index contributed by atoms with van der Waals surface area (Å²) < 4.78 is 14.5. The lowest BCUT2D eigenvalue weighted by Crippen LogP contribution is -2.44. The van der Waals surface area contributed by atoms with Crippen LogP contribution in [0.5, 0.6) is 0 Å². The number of likely N-dealkylation sites (tertiary alicyclic amines) is 1. The van der Waals surface area contributed by atoms with Crippen LogP contribution in [-0.2, 0) is 10.2 Å². The molecule has 1 saturated heterocycles. The number of dihydropyridines is 1. The Morgan fingerprint density at radius 2 is 1.97 bits per heavy atom. The highest BCUT2D eigenvalue weighted by molar-refractivity contribution is 6.18. The van der Waals surface area contributed by atoms with Crippen molar-refractivity contribution in [3.05, 3.63) is 70.8 Å². The van der Waals surface area contributed by atoms with Crippen LogP contribution in [0.25, 0.3) is 0 Å². The number of anilines is 1. The highest BCUT2D eigenvalue weighted by Crippen LogP contribution is 2.36. The van der Waals surface area contributed by atoms with Gasteiger partial charge in [0.25, 0.3) is 5.91 Å². The number of benzene rings is 1. The number of carbonyl (C=O) groups excluding carboxylic acids is 1. The number of nitrogens with zero attached hydrogens (tertiary/aromatic N) is 5. The molecule has 1 fully saturated rings. The molecule has 4 rings (SSSR count). The first kappa shape index (κ1) is 22.6. The summed E-state index contributed by atoms with van der Waals surface area (Å²) in [7, 11) is 3.82. The number of amides is 1. The Morgan fingerprint density at radius 3 is 2.55 bits per heavy atom. The van der Waals surface area contributed by atoms with E-state index in [4.69, 9.17) is 11.0 Å². The van der Waals surface area contributed by atoms with Gasteiger partial charge in [0, 0.05) is 45.0 Å². The van der Waals surface area contributed by atoms with Crippen LogP contribution in [0.1, 0.15) is 36.5 Å². The summed E-state index contributed by atoms with van der Waals surface area (Å²) >= 11 is 0. The number of aliphatic imine (C=N–C) groups is 1. The fourth-order valence-corrected chi connectivity index (χ4v) is 4.34. The Hall–Kier alpha value is -3.57. The summed E-state index contributed by atoms with van der Waals surface area (Å²) in [5, 5.41) is 9.10. The van der Waals surface area contributed by atoms with Crippen molar-refractivity contribution in [1.82, 2.24) is 9.88 Å². The third-order valence-electron chi connectivity index (χ3n) is 6.40. The average Bonchev–Trinajstić information content (AvgIpc) is 2.81. The van der Waals surface area contributed by atoms with Crippen molar-refractivity contribution in [2.75, 3.05) is 32.1 Å². The largest absolute Gasteiger partial charge is 0.367 e. The monoisotopic (exact) mass is 446 g/mol. The predicted octanol–water partition coefficient (Wildman–Crippen LogP) is 2.75. The molecule has 2 N–H and O–H groups in total. The maximum absolute atomic E-state index is 14.5. The molecule has 1 atom stereocenters. The molecule has 33 heavy (non-hydrogen) atoms. The molecule has 0 aliphatic carbocycles. The van der Waals surface area contributed by atoms with E-state index in [2.05, 4.69) is 9.98 Å². The Balaban J connectivity index is 1.83. The van der Waals surface area contributed by atoms with Crippen molar-refractivity contribution in [2.45, 2.75) is 31.2 Å². The van der Waals surface area contributed by atoms with Gasteiger partial charge < -0.3 is 15.5 Å². The van der Waals surface area contributed by atoms with Crippen molar-refractivity contribution >= 4 is 17.4 Å². The van der Waals surface area contributed by atoms with Crippen molar-refractivity contribution < 1.29 is 9.18 Å². The first-order valence-electron chi connectivity index (χ1n) is 10.9. The van der Waals surface area contributed by atoms with Gasteiger partial charge in [0.1, 0.15) is 23.4 Å². The number of aromatic nitrogens is 1. The van der Waals surface area contributed by atoms with Crippen LogP contribution in [0.3, 0.4) is 0 Å². The third kappa shape index (κ3) is 4.24. The van der Waals surface area contributed by atoms with E-state index < -0.39 is 11.2 Å². The number of carbonyl (C=O) groups is 1. The molecular formula is C25H27FN6O. The first-order valence-corrected chi connectivity index (χ1v) is 10.9. The number of halogens is 1. The second-order valence-electron chi connectivity index (χ2n) is 8.93. The minimum absolute atomic E-state index is 0.0546. The maximum Gasteiger partial charge on any atom is 0.293 e. The molecule has 0 bridgehead atoms. The van der Waals surface area contributed by atoms with E-state index in [1.165, 1.54) is 12.1 Å². The standard InChI is InChI=1S/C25H27FN6O/c1-25(18-6-7-22(29-15-18)31(2)3)13-21(32-10-8-19(28)9-11-32)24(33)30-23(25)16-4-5-17(14-27)20(26)12-16/h4-7,12-13,15,19H,8-11,28H2,1-3H3. The number of hydrogen-bond acceptors (Lipinski definition) is 6. The van der Waals surface area contributed by atoms with E-state index >= 15 is 0 Å². The lowest BCUT2D eigenvalue weighted by Gasteiger charge is -2.38. The third-order valence-corrected chi connectivity index (χ3v) is 6.40. The topological polar surface area (TPSA) is 98.6 Å². The fourth-order valence-electron chi connectivity index (χ4n) is 4.34. The summed E-state index contributed by atoms with van der Waals surface area (Å²) in [5.41, 5.74) is 7.40. The quantitative estimate of drug-likeness (QED) is 0.776. The predicted molar refractivity (Wildman–Crippen MR) is 125 cm³/mol. The van der Waals surface area contributed by atoms with E-state index in [1.807, 2.05) is 55.1 Å². The molecule has 0 radical (unpaired) electrons. The molecule has 0 saturated carbocycles. The molecule has 1 unspecified atom stereocenters. The van der Waals surface area contributed by atoms with Crippen LogP contribution in [0.15, 0.2) is 53.3 Å². The summed E-state index contributed by atoms with van der Waals surface area (Å²) in [6.45, 7) is 3.32. The lowest BCUT2D eigenvalue weighted by atomic mass is 9.73. The van der Waals surface area contributed by atoms with E-state index in [9.17, 15) is 9.18 Å². The molecule has 2 aliphatic heterocycles. The first-order chi connectivity index (χ1) is 15.7. The summed E-state index contributed by atoms with van der Waals surface area (Å²) in [6, 6.07) is 10.1. The smallest absolute Gasteiger partial charge is 0.293 e. The van der Waals surface area contributed by atoms with Crippen LogP contribution in [0.2, 0.25) is 0 Å². The second-order valence-corrected chi connectivity index (χ2v) is 8.93. The molecule has 3 heterocycles. The molecule has 7 nitrogen and oxygen atoms in total. The minimum atomic E-state index is -0.832. The number of hydrogen-bond donors (Lipinski definition) is 1. The fraction of sp³-hybridized carbons (Fsp3) is 0.360. The zero-order valence-electron chi connectivity index (χ0n) is 19.0. The van der Waals surface area contributed by atoms with Gasteiger partial charge in [0.2, 0.25) is 0 Å². The normalized spacial score (nSPS) is 21.3. The van der Waals surface area contributed by atoms with Gasteiger partial charge in [-0.05, 0) is 49.6 Å². The Bertz CT molecular complexity index is 1170. The molecular weight excluding hydrogens is 419 g/mol. The molecule has 0 spiro atoms. The van der Waals surface area contributed by atoms with Crippen molar-refractivity contribution in [2.24, 2.45) is 10.7 Å². The highest BCUT2D eigenvalue weighted by Gasteiger charge is 2.39. The van der Waals surface area contributed by atoms with Crippen LogP contribution in [0.4, 0.5) is 10.2 Å². The van der Waals surface area contributed by atoms with Gasteiger partial charge >= 0.3 is 0 Å². The molecule has 2 aromatic rings. The summed E-state index contributed by atoms with van der Waals surface area (Å²) in [5.74, 6) is -0.208. The highest BCUT2D eigenvalue weighted by atomic mass is 19.1. The van der Waals surface area contributed by atoms with E-state index in [1.54, 1.807) is 12.3 Å². The number of allylic oxidation sites excluding steroid dienone is 1. The zero-order chi connectivity index (χ0) is 23.8. The van der Waals surface area contributed by atoms with Crippen molar-refractivity contribution in [1.29, 1.82) is 5.26 Å². The van der Waals surface area contributed by atoms with Gasteiger partial charge in [-0.3, -0.25) is 4.79 Å². The van der Waals surface area contributed by atoms with Crippen LogP contribution in [0, 0.1) is 17.1 Å². The zero-order valence-corrected chi connectivity index (χ0v) is 19.0. The number of nitriles is 1. The number of nitrogens with two attached hydrogens (primary N) is 1. The molecule has 1 amide bonds. The van der Waals surface area contributed by atoms with Gasteiger partial charge in [0.15, 0.2) is 0 Å². The van der Waals surface area contributed by atoms with Gasteiger partial charge in [-0.2, -0.15) is 5.26 Å². The van der Waals surface area contributed by atoms with Crippen LogP contribution in [-0.4, -0.2) is 54.7 Å². The van der Waals surface area contributed by atoms with E-state index in [0.29, 0.717) is 30.1 Å². The maximum atomic E-state index is 14.5. The van der Waals surface area contributed by atoms with E-state index in [0.717, 1.165) is 24.2 Å². The lowest BCUT2D eigenvalue weighted by molar-refractivity contribution is -0.116. The molecule has 1 aromatic carbocycles. The molecule has 2 aliphatic rings. The second kappa shape index (κ2) is 8.75. The summed E-state index contributed by atoms with van der Waals surface area (Å²) in [6.07, 6.45) is 5.29. The Kier molecular flexibility index (Phi) is 6.00. The average molecular weight is 447 g/mol. The van der Waals surface area contributed by atoms with Gasteiger partial charge in [0.05, 0.1) is 16.7 Å². The van der Waals surface area contributed by atoms with Gasteiger partial charge in [-0.1, -0.05) is 12.1 Å². The van der Waals surface area contributed by atoms with E-state index in [-0.39, 0.29) is 17.5 Å². The Labute approximate surface area is 193 Å². The van der Waals surface area contributed by atoms with Crippen molar-refractivity contribution in [3.63, 3.8) is 0 Å². The number of piperidine rings is 1. The van der Waals surface area contributed by atoms with Gasteiger partial charge in [-0.15, -0.1) is 0 Å². The molecule has 1 aromatic heterocycles. The van der Waals surface area contributed by atoms with Crippen LogP contribution < -0.4 is 10.6 Å². The number of pyridine rings is 1.